The fraction of sp³-hybridized carbons (Fsp3) is 0.464. The Morgan fingerprint density at radius 1 is 1.11 bits per heavy atom. The van der Waals surface area contributed by atoms with Gasteiger partial charge in [0.1, 0.15) is 0 Å². The van der Waals surface area contributed by atoms with E-state index in [1.165, 1.54) is 28.5 Å². The van der Waals surface area contributed by atoms with Crippen molar-refractivity contribution in [1.82, 2.24) is 15.5 Å². The van der Waals surface area contributed by atoms with Crippen molar-refractivity contribution in [2.75, 3.05) is 19.6 Å². The summed E-state index contributed by atoms with van der Waals surface area (Å²) in [6.07, 6.45) is 7.16. The van der Waals surface area contributed by atoms with Crippen LogP contribution in [0.15, 0.2) is 54.6 Å². The number of piperidine rings is 1. The average molecular weight is 477 g/mol. The average Bonchev–Trinajstić information content (AvgIpc) is 2.83. The molecule has 0 spiro atoms. The Labute approximate surface area is 207 Å². The summed E-state index contributed by atoms with van der Waals surface area (Å²) in [7, 11) is 0. The van der Waals surface area contributed by atoms with Crippen molar-refractivity contribution >= 4 is 28.5 Å². The molecular weight excluding hydrogens is 440 g/mol. The Kier molecular flexibility index (Phi) is 7.86. The van der Waals surface area contributed by atoms with Gasteiger partial charge in [-0.2, -0.15) is 0 Å². The summed E-state index contributed by atoms with van der Waals surface area (Å²) >= 11 is 0. The quantitative estimate of drug-likeness (QED) is 0.484. The molecule has 4 rings (SSSR count). The van der Waals surface area contributed by atoms with Crippen LogP contribution in [-0.2, 0) is 14.4 Å². The number of rotatable bonds is 9. The third kappa shape index (κ3) is 5.90. The first-order valence-electron chi connectivity index (χ1n) is 12.6. The Morgan fingerprint density at radius 3 is 2.51 bits per heavy atom. The monoisotopic (exact) mass is 476 g/mol. The normalized spacial score (nSPS) is 19.2. The van der Waals surface area contributed by atoms with Gasteiger partial charge >= 0.3 is 0 Å². The number of nitrogens with two attached hydrogens (primary N) is 1. The minimum Gasteiger partial charge on any atom is -0.366 e. The van der Waals surface area contributed by atoms with Crippen LogP contribution < -0.4 is 16.4 Å². The number of likely N-dealkylation sites (tertiary alicyclic amines) is 1. The van der Waals surface area contributed by atoms with Crippen LogP contribution in [0.5, 0.6) is 0 Å². The molecule has 1 saturated carbocycles. The predicted molar refractivity (Wildman–Crippen MR) is 137 cm³/mol. The highest BCUT2D eigenvalue weighted by Gasteiger charge is 2.46. The molecule has 1 saturated heterocycles. The zero-order chi connectivity index (χ0) is 24.8. The third-order valence-electron chi connectivity index (χ3n) is 7.68. The summed E-state index contributed by atoms with van der Waals surface area (Å²) in [4.78, 5) is 38.8. The van der Waals surface area contributed by atoms with Crippen LogP contribution in [0.3, 0.4) is 0 Å². The maximum Gasteiger partial charge on any atom is 0.241 e. The van der Waals surface area contributed by atoms with Crippen LogP contribution in [0.4, 0.5) is 0 Å². The number of amides is 3. The lowest BCUT2D eigenvalue weighted by Crippen LogP contribution is -2.53. The number of primary amides is 1. The van der Waals surface area contributed by atoms with Crippen molar-refractivity contribution in [2.24, 2.45) is 11.1 Å². The fourth-order valence-corrected chi connectivity index (χ4v) is 5.39. The molecule has 2 aliphatic rings. The van der Waals surface area contributed by atoms with E-state index in [2.05, 4.69) is 64.9 Å². The molecule has 1 atom stereocenters. The molecule has 0 radical (unpaired) electrons. The van der Waals surface area contributed by atoms with Crippen molar-refractivity contribution in [3.63, 3.8) is 0 Å². The molecule has 1 aliphatic heterocycles. The fourth-order valence-electron chi connectivity index (χ4n) is 5.39. The summed E-state index contributed by atoms with van der Waals surface area (Å²) in [5, 5.41) is 8.57. The molecule has 2 fully saturated rings. The molecule has 35 heavy (non-hydrogen) atoms. The van der Waals surface area contributed by atoms with E-state index in [0.29, 0.717) is 6.04 Å². The molecule has 3 amide bonds. The molecule has 2 aromatic rings. The van der Waals surface area contributed by atoms with E-state index in [1.54, 1.807) is 0 Å². The Hall–Kier alpha value is -3.19. The molecule has 2 aromatic carbocycles. The van der Waals surface area contributed by atoms with Gasteiger partial charge in [-0.15, -0.1) is 0 Å². The van der Waals surface area contributed by atoms with Crippen molar-refractivity contribution in [3.8, 4) is 0 Å². The van der Waals surface area contributed by atoms with Gasteiger partial charge in [-0.25, -0.2) is 0 Å². The number of carbonyl (C=O) groups is 3. The van der Waals surface area contributed by atoms with Gasteiger partial charge in [-0.1, -0.05) is 55.0 Å². The minimum atomic E-state index is -0.606. The predicted octanol–water partition coefficient (Wildman–Crippen LogP) is 3.20. The number of hydrogen-bond acceptors (Lipinski definition) is 4. The molecule has 0 bridgehead atoms. The second-order valence-electron chi connectivity index (χ2n) is 9.95. The highest BCUT2D eigenvalue weighted by Crippen LogP contribution is 2.44. The van der Waals surface area contributed by atoms with Gasteiger partial charge in [0.25, 0.3) is 0 Å². The SMILES string of the molecule is CC(c1cccc2ccccc12)N1CCC(NC(=O)C2(CC(=O)NCC=CC(N)=O)CCC2)CC1. The Morgan fingerprint density at radius 2 is 1.83 bits per heavy atom. The van der Waals surface area contributed by atoms with Crippen molar-refractivity contribution in [2.45, 2.75) is 57.5 Å². The molecule has 4 N–H and O–H groups in total. The van der Waals surface area contributed by atoms with Crippen molar-refractivity contribution in [1.29, 1.82) is 0 Å². The van der Waals surface area contributed by atoms with Crippen LogP contribution >= 0.6 is 0 Å². The van der Waals surface area contributed by atoms with Crippen LogP contribution in [-0.4, -0.2) is 48.3 Å². The van der Waals surface area contributed by atoms with Gasteiger partial charge in [-0.3, -0.25) is 19.3 Å². The van der Waals surface area contributed by atoms with Gasteiger partial charge < -0.3 is 16.4 Å². The molecule has 1 heterocycles. The molecule has 186 valence electrons. The first-order valence-corrected chi connectivity index (χ1v) is 12.6. The van der Waals surface area contributed by atoms with Gasteiger partial charge in [0.05, 0.1) is 5.41 Å². The second-order valence-corrected chi connectivity index (χ2v) is 9.95. The molecule has 1 unspecified atom stereocenters. The Balaban J connectivity index is 1.29. The van der Waals surface area contributed by atoms with E-state index >= 15 is 0 Å². The number of hydrogen-bond donors (Lipinski definition) is 3. The highest BCUT2D eigenvalue weighted by atomic mass is 16.2. The van der Waals surface area contributed by atoms with Gasteiger partial charge in [0.15, 0.2) is 0 Å². The number of carbonyl (C=O) groups excluding carboxylic acids is 3. The second kappa shape index (κ2) is 11.0. The summed E-state index contributed by atoms with van der Waals surface area (Å²) < 4.78 is 0. The van der Waals surface area contributed by atoms with Crippen LogP contribution in [0, 0.1) is 5.41 Å². The lowest BCUT2D eigenvalue weighted by Gasteiger charge is -2.42. The molecule has 7 heteroatoms. The minimum absolute atomic E-state index is 0.00660. The summed E-state index contributed by atoms with van der Waals surface area (Å²) in [6, 6.07) is 15.5. The summed E-state index contributed by atoms with van der Waals surface area (Å²) in [5.74, 6) is -0.716. The summed E-state index contributed by atoms with van der Waals surface area (Å²) in [6.45, 7) is 4.35. The van der Waals surface area contributed by atoms with Crippen LogP contribution in [0.1, 0.15) is 57.1 Å². The number of nitrogens with one attached hydrogen (secondary N) is 2. The molecule has 7 nitrogen and oxygen atoms in total. The van der Waals surface area contributed by atoms with E-state index < -0.39 is 11.3 Å². The number of fused-ring (bicyclic) bond motifs is 1. The molecule has 1 aliphatic carbocycles. The first kappa shape index (κ1) is 24.9. The molecular formula is C28H36N4O3. The topological polar surface area (TPSA) is 105 Å². The van der Waals surface area contributed by atoms with Crippen molar-refractivity contribution in [3.05, 3.63) is 60.2 Å². The zero-order valence-corrected chi connectivity index (χ0v) is 20.5. The third-order valence-corrected chi connectivity index (χ3v) is 7.68. The van der Waals surface area contributed by atoms with Crippen LogP contribution in [0.2, 0.25) is 0 Å². The number of benzene rings is 2. The van der Waals surface area contributed by atoms with Gasteiger partial charge in [0.2, 0.25) is 17.7 Å². The zero-order valence-electron chi connectivity index (χ0n) is 20.5. The smallest absolute Gasteiger partial charge is 0.241 e. The number of nitrogens with zero attached hydrogens (tertiary/aromatic N) is 1. The lowest BCUT2D eigenvalue weighted by atomic mass is 9.65. The first-order chi connectivity index (χ1) is 16.9. The standard InChI is InChI=1S/C28H36N4O3/c1-20(23-10-4-8-21-7-2-3-9-24(21)23)32-17-12-22(13-18-32)31-27(35)28(14-6-15-28)19-26(34)30-16-5-11-25(29)33/h2-5,7-11,20,22H,6,12-19H2,1H3,(H2,29,33)(H,30,34)(H,31,35). The maximum atomic E-state index is 13.2. The maximum absolute atomic E-state index is 13.2. The van der Waals surface area contributed by atoms with E-state index in [0.717, 1.165) is 45.2 Å². The van der Waals surface area contributed by atoms with Crippen molar-refractivity contribution < 1.29 is 14.4 Å². The van der Waals surface area contributed by atoms with Gasteiger partial charge in [-0.05, 0) is 48.9 Å². The van der Waals surface area contributed by atoms with E-state index in [-0.39, 0.29) is 30.8 Å². The van der Waals surface area contributed by atoms with E-state index in [4.69, 9.17) is 5.73 Å². The van der Waals surface area contributed by atoms with E-state index in [1.807, 2.05) is 0 Å². The van der Waals surface area contributed by atoms with E-state index in [9.17, 15) is 14.4 Å². The van der Waals surface area contributed by atoms with Crippen LogP contribution in [0.25, 0.3) is 10.8 Å². The Bertz CT molecular complexity index is 1100. The van der Waals surface area contributed by atoms with Gasteiger partial charge in [0, 0.05) is 44.2 Å². The largest absolute Gasteiger partial charge is 0.366 e. The molecule has 0 aromatic heterocycles. The summed E-state index contributed by atoms with van der Waals surface area (Å²) in [5.41, 5.74) is 5.79. The lowest BCUT2D eigenvalue weighted by molar-refractivity contribution is -0.142. The highest BCUT2D eigenvalue weighted by molar-refractivity contribution is 5.90.